The molecule has 0 aromatic carbocycles. The molecule has 0 saturated carbocycles. The van der Waals surface area contributed by atoms with Gasteiger partial charge in [-0.2, -0.15) is 0 Å². The summed E-state index contributed by atoms with van der Waals surface area (Å²) in [7, 11) is 1.54. The number of aryl methyl sites for hydroxylation is 1. The molecule has 100 valence electrons. The normalized spacial score (nSPS) is 12.3. The molecule has 0 aliphatic heterocycles. The van der Waals surface area contributed by atoms with Crippen LogP contribution in [0.2, 0.25) is 0 Å². The van der Waals surface area contributed by atoms with Crippen LogP contribution in [-0.4, -0.2) is 30.1 Å². The molecule has 0 aliphatic rings. The molecule has 0 aliphatic carbocycles. The van der Waals surface area contributed by atoms with Crippen molar-refractivity contribution in [1.29, 1.82) is 0 Å². The van der Waals surface area contributed by atoms with E-state index in [0.717, 1.165) is 0 Å². The van der Waals surface area contributed by atoms with E-state index in [0.29, 0.717) is 18.1 Å². The van der Waals surface area contributed by atoms with Crippen molar-refractivity contribution in [2.45, 2.75) is 33.2 Å². The third kappa shape index (κ3) is 3.87. The summed E-state index contributed by atoms with van der Waals surface area (Å²) in [5, 5.41) is 8.80. The number of likely N-dealkylation sites (N-methyl/N-ethyl adjacent to an activating group) is 1. The van der Waals surface area contributed by atoms with Gasteiger partial charge in [-0.15, -0.1) is 0 Å². The molecule has 0 saturated heterocycles. The van der Waals surface area contributed by atoms with Crippen molar-refractivity contribution in [3.63, 3.8) is 0 Å². The Bertz CT molecular complexity index is 426. The molecule has 6 nitrogen and oxygen atoms in total. The van der Waals surface area contributed by atoms with Crippen LogP contribution in [0.4, 0.5) is 0 Å². The standard InChI is InChI=1S/C12H19N3O3/c1-7(2)5-9(11(16)13-4)14-12(17)10-6-8(3)18-15-10/h6-7,9H,5H2,1-4H3,(H,13,16)(H,14,17)/t9-/m1/s1. The molecule has 2 amide bonds. The number of carbonyl (C=O) groups is 2. The van der Waals surface area contributed by atoms with Crippen molar-refractivity contribution in [1.82, 2.24) is 15.8 Å². The van der Waals surface area contributed by atoms with Crippen LogP contribution in [0.5, 0.6) is 0 Å². The minimum absolute atomic E-state index is 0.185. The lowest BCUT2D eigenvalue weighted by Gasteiger charge is -2.18. The predicted octanol–water partition coefficient (Wildman–Crippen LogP) is 0.874. The minimum Gasteiger partial charge on any atom is -0.361 e. The zero-order valence-corrected chi connectivity index (χ0v) is 11.1. The van der Waals surface area contributed by atoms with Gasteiger partial charge in [-0.1, -0.05) is 19.0 Å². The maximum atomic E-state index is 11.9. The van der Waals surface area contributed by atoms with Crippen molar-refractivity contribution < 1.29 is 14.1 Å². The number of nitrogens with zero attached hydrogens (tertiary/aromatic N) is 1. The van der Waals surface area contributed by atoms with E-state index < -0.39 is 11.9 Å². The first kappa shape index (κ1) is 14.2. The molecule has 0 unspecified atom stereocenters. The fourth-order valence-electron chi connectivity index (χ4n) is 1.58. The molecule has 6 heteroatoms. The van der Waals surface area contributed by atoms with Crippen LogP contribution >= 0.6 is 0 Å². The lowest BCUT2D eigenvalue weighted by Crippen LogP contribution is -2.46. The second-order valence-electron chi connectivity index (χ2n) is 4.59. The first-order valence-electron chi connectivity index (χ1n) is 5.89. The molecule has 0 spiro atoms. The Morgan fingerprint density at radius 3 is 2.56 bits per heavy atom. The molecule has 0 radical (unpaired) electrons. The summed E-state index contributed by atoms with van der Waals surface area (Å²) in [5.41, 5.74) is 0.185. The molecule has 1 aromatic rings. The van der Waals surface area contributed by atoms with Crippen LogP contribution in [0.3, 0.4) is 0 Å². The number of rotatable bonds is 5. The molecule has 1 atom stereocenters. The summed E-state index contributed by atoms with van der Waals surface area (Å²) in [6.45, 7) is 5.68. The van der Waals surface area contributed by atoms with Gasteiger partial charge in [0.1, 0.15) is 11.8 Å². The predicted molar refractivity (Wildman–Crippen MR) is 66.0 cm³/mol. The van der Waals surface area contributed by atoms with Crippen molar-refractivity contribution >= 4 is 11.8 Å². The Balaban J connectivity index is 2.71. The zero-order chi connectivity index (χ0) is 13.7. The maximum Gasteiger partial charge on any atom is 0.274 e. The van der Waals surface area contributed by atoms with Crippen molar-refractivity contribution in [3.8, 4) is 0 Å². The minimum atomic E-state index is -0.556. The van der Waals surface area contributed by atoms with Gasteiger partial charge in [0.25, 0.3) is 5.91 Å². The number of amides is 2. The molecule has 0 fully saturated rings. The van der Waals surface area contributed by atoms with Gasteiger partial charge in [0, 0.05) is 13.1 Å². The second-order valence-corrected chi connectivity index (χ2v) is 4.59. The van der Waals surface area contributed by atoms with E-state index in [1.807, 2.05) is 13.8 Å². The first-order chi connectivity index (χ1) is 8.43. The average molecular weight is 253 g/mol. The fraction of sp³-hybridized carbons (Fsp3) is 0.583. The highest BCUT2D eigenvalue weighted by molar-refractivity contribution is 5.96. The van der Waals surface area contributed by atoms with Crippen LogP contribution in [0.1, 0.15) is 36.5 Å². The van der Waals surface area contributed by atoms with Gasteiger partial charge in [0.05, 0.1) is 0 Å². The topological polar surface area (TPSA) is 84.2 Å². The van der Waals surface area contributed by atoms with E-state index in [1.165, 1.54) is 6.07 Å². The number of hydrogen-bond donors (Lipinski definition) is 2. The third-order valence-electron chi connectivity index (χ3n) is 2.44. The van der Waals surface area contributed by atoms with Crippen molar-refractivity contribution in [3.05, 3.63) is 17.5 Å². The van der Waals surface area contributed by atoms with Gasteiger partial charge >= 0.3 is 0 Å². The summed E-state index contributed by atoms with van der Waals surface area (Å²) in [4.78, 5) is 23.5. The Labute approximate surface area is 106 Å². The molecule has 0 bridgehead atoms. The number of aromatic nitrogens is 1. The lowest BCUT2D eigenvalue weighted by molar-refractivity contribution is -0.122. The van der Waals surface area contributed by atoms with Gasteiger partial charge in [-0.25, -0.2) is 0 Å². The van der Waals surface area contributed by atoms with E-state index in [-0.39, 0.29) is 11.6 Å². The molecule has 18 heavy (non-hydrogen) atoms. The van der Waals surface area contributed by atoms with Gasteiger partial charge in [-0.3, -0.25) is 9.59 Å². The fourth-order valence-corrected chi connectivity index (χ4v) is 1.58. The van der Waals surface area contributed by atoms with Crippen molar-refractivity contribution in [2.75, 3.05) is 7.05 Å². The maximum absolute atomic E-state index is 11.9. The number of carbonyl (C=O) groups excluding carboxylic acids is 2. The monoisotopic (exact) mass is 253 g/mol. The summed E-state index contributed by atoms with van der Waals surface area (Å²) in [6, 6.07) is 0.977. The Morgan fingerprint density at radius 1 is 1.44 bits per heavy atom. The summed E-state index contributed by atoms with van der Waals surface area (Å²) < 4.78 is 4.82. The summed E-state index contributed by atoms with van der Waals surface area (Å²) in [5.74, 6) is 0.241. The van der Waals surface area contributed by atoms with Gasteiger partial charge in [0.2, 0.25) is 5.91 Å². The molecule has 1 heterocycles. The van der Waals surface area contributed by atoms with Gasteiger partial charge in [0.15, 0.2) is 5.69 Å². The highest BCUT2D eigenvalue weighted by Crippen LogP contribution is 2.07. The Kier molecular flexibility index (Phi) is 4.88. The van der Waals surface area contributed by atoms with E-state index in [9.17, 15) is 9.59 Å². The highest BCUT2D eigenvalue weighted by atomic mass is 16.5. The van der Waals surface area contributed by atoms with E-state index >= 15 is 0 Å². The lowest BCUT2D eigenvalue weighted by atomic mass is 10.0. The molecular formula is C12H19N3O3. The quantitative estimate of drug-likeness (QED) is 0.815. The van der Waals surface area contributed by atoms with Gasteiger partial charge in [-0.05, 0) is 19.3 Å². The summed E-state index contributed by atoms with van der Waals surface area (Å²) >= 11 is 0. The average Bonchev–Trinajstić information content (AvgIpc) is 2.73. The van der Waals surface area contributed by atoms with Gasteiger partial charge < -0.3 is 15.2 Å². The van der Waals surface area contributed by atoms with Crippen LogP contribution < -0.4 is 10.6 Å². The highest BCUT2D eigenvalue weighted by Gasteiger charge is 2.22. The van der Waals surface area contributed by atoms with Crippen LogP contribution in [0, 0.1) is 12.8 Å². The SMILES string of the molecule is CNC(=O)[C@@H](CC(C)C)NC(=O)c1cc(C)on1. The van der Waals surface area contributed by atoms with E-state index in [2.05, 4.69) is 15.8 Å². The Hall–Kier alpha value is -1.85. The molecule has 2 N–H and O–H groups in total. The van der Waals surface area contributed by atoms with Crippen molar-refractivity contribution in [2.24, 2.45) is 5.92 Å². The number of hydrogen-bond acceptors (Lipinski definition) is 4. The molecular weight excluding hydrogens is 234 g/mol. The molecule has 1 aromatic heterocycles. The third-order valence-corrected chi connectivity index (χ3v) is 2.44. The van der Waals surface area contributed by atoms with Crippen LogP contribution in [-0.2, 0) is 4.79 Å². The first-order valence-corrected chi connectivity index (χ1v) is 5.89. The van der Waals surface area contributed by atoms with E-state index in [1.54, 1.807) is 14.0 Å². The zero-order valence-electron chi connectivity index (χ0n) is 11.1. The smallest absolute Gasteiger partial charge is 0.274 e. The summed E-state index contributed by atoms with van der Waals surface area (Å²) in [6.07, 6.45) is 0.572. The van der Waals surface area contributed by atoms with Crippen LogP contribution in [0.25, 0.3) is 0 Å². The molecule has 1 rings (SSSR count). The Morgan fingerprint density at radius 2 is 2.11 bits per heavy atom. The van der Waals surface area contributed by atoms with Crippen LogP contribution in [0.15, 0.2) is 10.6 Å². The van der Waals surface area contributed by atoms with E-state index in [4.69, 9.17) is 4.52 Å². The largest absolute Gasteiger partial charge is 0.361 e. The second kappa shape index (κ2) is 6.18. The number of nitrogens with one attached hydrogen (secondary N) is 2.